The smallest absolute Gasteiger partial charge is 0.227 e. The first-order valence-electron chi connectivity index (χ1n) is 11.2. The monoisotopic (exact) mass is 422 g/mol. The van der Waals surface area contributed by atoms with Gasteiger partial charge in [-0.1, -0.05) is 56.3 Å². The van der Waals surface area contributed by atoms with Gasteiger partial charge in [0.2, 0.25) is 11.8 Å². The fourth-order valence-corrected chi connectivity index (χ4v) is 4.47. The highest BCUT2D eigenvalue weighted by atomic mass is 16.5. The molecule has 166 valence electrons. The number of methoxy groups -OCH3 is 1. The number of benzene rings is 2. The van der Waals surface area contributed by atoms with E-state index in [4.69, 9.17) is 4.74 Å². The maximum absolute atomic E-state index is 13.2. The molecule has 0 saturated carbocycles. The van der Waals surface area contributed by atoms with Gasteiger partial charge < -0.3 is 14.5 Å². The summed E-state index contributed by atoms with van der Waals surface area (Å²) >= 11 is 0. The van der Waals surface area contributed by atoms with Crippen LogP contribution in [0.4, 0.5) is 0 Å². The van der Waals surface area contributed by atoms with E-state index in [2.05, 4.69) is 26.0 Å². The van der Waals surface area contributed by atoms with Gasteiger partial charge in [-0.15, -0.1) is 0 Å². The summed E-state index contributed by atoms with van der Waals surface area (Å²) in [4.78, 5) is 29.9. The van der Waals surface area contributed by atoms with Gasteiger partial charge in [-0.2, -0.15) is 0 Å². The average molecular weight is 423 g/mol. The van der Waals surface area contributed by atoms with Crippen molar-refractivity contribution < 1.29 is 14.3 Å². The van der Waals surface area contributed by atoms with E-state index in [1.807, 2.05) is 48.3 Å². The number of amides is 2. The van der Waals surface area contributed by atoms with Gasteiger partial charge in [-0.05, 0) is 36.5 Å². The van der Waals surface area contributed by atoms with Crippen molar-refractivity contribution >= 4 is 11.8 Å². The summed E-state index contributed by atoms with van der Waals surface area (Å²) in [7, 11) is 3.51. The molecule has 0 N–H and O–H groups in total. The van der Waals surface area contributed by atoms with Crippen molar-refractivity contribution in [1.82, 2.24) is 9.80 Å². The normalized spacial score (nSPS) is 17.1. The second-order valence-electron chi connectivity index (χ2n) is 8.32. The quantitative estimate of drug-likeness (QED) is 0.670. The van der Waals surface area contributed by atoms with Crippen LogP contribution in [0.3, 0.4) is 0 Å². The first-order chi connectivity index (χ1) is 15.0. The third-order valence-electron chi connectivity index (χ3n) is 6.40. The Hall–Kier alpha value is -2.82. The average Bonchev–Trinajstić information content (AvgIpc) is 2.94. The predicted octanol–water partition coefficient (Wildman–Crippen LogP) is 4.26. The number of nitrogens with zero attached hydrogens (tertiary/aromatic N) is 2. The Labute approximate surface area is 186 Å². The van der Waals surface area contributed by atoms with Gasteiger partial charge in [0.05, 0.1) is 13.0 Å². The van der Waals surface area contributed by atoms with Crippen LogP contribution in [0.1, 0.15) is 32.3 Å². The second-order valence-corrected chi connectivity index (χ2v) is 8.32. The van der Waals surface area contributed by atoms with Crippen molar-refractivity contribution in [2.24, 2.45) is 11.8 Å². The maximum Gasteiger partial charge on any atom is 0.227 e. The Morgan fingerprint density at radius 3 is 2.35 bits per heavy atom. The highest BCUT2D eigenvalue weighted by molar-refractivity contribution is 5.83. The summed E-state index contributed by atoms with van der Waals surface area (Å²) in [6.45, 7) is 5.76. The van der Waals surface area contributed by atoms with Gasteiger partial charge in [-0.25, -0.2) is 0 Å². The molecular weight excluding hydrogens is 388 g/mol. The molecule has 2 amide bonds. The lowest BCUT2D eigenvalue weighted by Crippen LogP contribution is -2.40. The predicted molar refractivity (Wildman–Crippen MR) is 124 cm³/mol. The van der Waals surface area contributed by atoms with E-state index in [1.54, 1.807) is 12.0 Å². The Kier molecular flexibility index (Phi) is 7.72. The Morgan fingerprint density at radius 1 is 1.03 bits per heavy atom. The molecule has 1 saturated heterocycles. The second kappa shape index (κ2) is 10.5. The zero-order valence-electron chi connectivity index (χ0n) is 19.1. The first kappa shape index (κ1) is 22.9. The van der Waals surface area contributed by atoms with E-state index < -0.39 is 0 Å². The van der Waals surface area contributed by atoms with Crippen molar-refractivity contribution in [2.45, 2.75) is 33.1 Å². The fraction of sp³-hybridized carbons (Fsp3) is 0.462. The molecule has 3 rings (SSSR count). The Balaban J connectivity index is 1.91. The molecule has 1 heterocycles. The van der Waals surface area contributed by atoms with Crippen molar-refractivity contribution in [2.75, 3.05) is 33.8 Å². The topological polar surface area (TPSA) is 49.9 Å². The molecule has 0 aromatic heterocycles. The third-order valence-corrected chi connectivity index (χ3v) is 6.40. The van der Waals surface area contributed by atoms with Crippen LogP contribution in [0.15, 0.2) is 48.5 Å². The number of hydrogen-bond acceptors (Lipinski definition) is 3. The molecule has 0 radical (unpaired) electrons. The summed E-state index contributed by atoms with van der Waals surface area (Å²) in [6.07, 6.45) is 2.25. The minimum Gasteiger partial charge on any atom is -0.496 e. The van der Waals surface area contributed by atoms with Gasteiger partial charge in [0.15, 0.2) is 0 Å². The fourth-order valence-electron chi connectivity index (χ4n) is 4.47. The van der Waals surface area contributed by atoms with E-state index in [0.29, 0.717) is 26.1 Å². The molecular formula is C26H34N2O3. The molecule has 1 fully saturated rings. The van der Waals surface area contributed by atoms with Crippen LogP contribution >= 0.6 is 0 Å². The zero-order chi connectivity index (χ0) is 22.4. The maximum atomic E-state index is 13.2. The number of ether oxygens (including phenoxy) is 1. The number of likely N-dealkylation sites (N-methyl/N-ethyl adjacent to an activating group) is 1. The van der Waals surface area contributed by atoms with Crippen molar-refractivity contribution in [3.05, 3.63) is 54.1 Å². The molecule has 0 unspecified atom stereocenters. The number of carbonyl (C=O) groups excluding carboxylic acids is 2. The van der Waals surface area contributed by atoms with E-state index in [9.17, 15) is 9.59 Å². The standard InChI is InChI=1S/C26H34N2O3/c1-5-19(6-2)26(30)28-16-15-27(3)25(29)21(18-28)17-20-11-7-8-12-22(20)23-13-9-10-14-24(23)31-4/h7-14,19,21H,5-6,15-18H2,1-4H3/t21-/m0/s1. The lowest BCUT2D eigenvalue weighted by atomic mass is 9.90. The van der Waals surface area contributed by atoms with Crippen molar-refractivity contribution in [3.63, 3.8) is 0 Å². The van der Waals surface area contributed by atoms with Crippen molar-refractivity contribution in [1.29, 1.82) is 0 Å². The third kappa shape index (κ3) is 5.09. The van der Waals surface area contributed by atoms with Crippen LogP contribution in [-0.4, -0.2) is 55.4 Å². The van der Waals surface area contributed by atoms with Gasteiger partial charge in [0.25, 0.3) is 0 Å². The minimum absolute atomic E-state index is 0.0278. The molecule has 5 nitrogen and oxygen atoms in total. The summed E-state index contributed by atoms with van der Waals surface area (Å²) in [5, 5.41) is 0. The molecule has 1 aliphatic rings. The highest BCUT2D eigenvalue weighted by Gasteiger charge is 2.33. The molecule has 1 aliphatic heterocycles. The van der Waals surface area contributed by atoms with Crippen LogP contribution in [-0.2, 0) is 16.0 Å². The molecule has 5 heteroatoms. The molecule has 1 atom stereocenters. The molecule has 2 aromatic carbocycles. The molecule has 2 aromatic rings. The lowest BCUT2D eigenvalue weighted by molar-refractivity contribution is -0.136. The molecule has 0 aliphatic carbocycles. The van der Waals surface area contributed by atoms with E-state index >= 15 is 0 Å². The zero-order valence-corrected chi connectivity index (χ0v) is 19.1. The highest BCUT2D eigenvalue weighted by Crippen LogP contribution is 2.33. The van der Waals surface area contributed by atoms with E-state index in [1.165, 1.54) is 0 Å². The van der Waals surface area contributed by atoms with E-state index in [0.717, 1.165) is 35.3 Å². The van der Waals surface area contributed by atoms with Crippen LogP contribution in [0.2, 0.25) is 0 Å². The van der Waals surface area contributed by atoms with Gasteiger partial charge >= 0.3 is 0 Å². The number of carbonyl (C=O) groups is 2. The van der Waals surface area contributed by atoms with Crippen LogP contribution in [0.5, 0.6) is 5.75 Å². The minimum atomic E-state index is -0.262. The Bertz CT molecular complexity index is 907. The number of rotatable bonds is 7. The largest absolute Gasteiger partial charge is 0.496 e. The summed E-state index contributed by atoms with van der Waals surface area (Å²) < 4.78 is 5.57. The van der Waals surface area contributed by atoms with Crippen LogP contribution in [0.25, 0.3) is 11.1 Å². The lowest BCUT2D eigenvalue weighted by Gasteiger charge is -2.27. The van der Waals surface area contributed by atoms with Crippen LogP contribution < -0.4 is 4.74 Å². The summed E-state index contributed by atoms with van der Waals surface area (Å²) in [5.41, 5.74) is 3.17. The summed E-state index contributed by atoms with van der Waals surface area (Å²) in [5.74, 6) is 0.859. The first-order valence-corrected chi connectivity index (χ1v) is 11.2. The van der Waals surface area contributed by atoms with Gasteiger partial charge in [0.1, 0.15) is 5.75 Å². The van der Waals surface area contributed by atoms with Gasteiger partial charge in [-0.3, -0.25) is 9.59 Å². The number of para-hydroxylation sites is 1. The summed E-state index contributed by atoms with van der Waals surface area (Å²) in [6, 6.07) is 16.1. The molecule has 0 bridgehead atoms. The molecule has 0 spiro atoms. The van der Waals surface area contributed by atoms with Crippen molar-refractivity contribution in [3.8, 4) is 16.9 Å². The SMILES string of the molecule is CCC(CC)C(=O)N1CCN(C)C(=O)[C@@H](Cc2ccccc2-c2ccccc2OC)C1. The van der Waals surface area contributed by atoms with Gasteiger partial charge in [0, 0.05) is 38.2 Å². The number of hydrogen-bond donors (Lipinski definition) is 0. The van der Waals surface area contributed by atoms with E-state index in [-0.39, 0.29) is 23.7 Å². The molecule has 31 heavy (non-hydrogen) atoms. The van der Waals surface area contributed by atoms with Crippen LogP contribution in [0, 0.1) is 11.8 Å². The Morgan fingerprint density at radius 2 is 1.68 bits per heavy atom.